The van der Waals surface area contributed by atoms with Crippen molar-refractivity contribution in [1.29, 1.82) is 0 Å². The lowest BCUT2D eigenvalue weighted by Gasteiger charge is -2.11. The number of aromatic nitrogens is 2. The molecule has 0 atom stereocenters. The van der Waals surface area contributed by atoms with Gasteiger partial charge in [-0.2, -0.15) is 0 Å². The van der Waals surface area contributed by atoms with E-state index in [0.29, 0.717) is 11.7 Å². The highest BCUT2D eigenvalue weighted by molar-refractivity contribution is 6.30. The molecule has 1 rings (SSSR count). The van der Waals surface area contributed by atoms with Crippen LogP contribution in [-0.2, 0) is 0 Å². The maximum atomic E-state index is 6.05. The maximum absolute atomic E-state index is 6.05. The zero-order valence-corrected chi connectivity index (χ0v) is 10.8. The summed E-state index contributed by atoms with van der Waals surface area (Å²) in [6, 6.07) is 0. The van der Waals surface area contributed by atoms with Crippen LogP contribution in [0.3, 0.4) is 0 Å². The molecule has 0 aliphatic carbocycles. The van der Waals surface area contributed by atoms with Gasteiger partial charge in [-0.3, -0.25) is 0 Å². The molecule has 1 heterocycles. The molecule has 0 bridgehead atoms. The Bertz CT molecular complexity index is 430. The van der Waals surface area contributed by atoms with Crippen LogP contribution in [0.25, 0.3) is 0 Å². The van der Waals surface area contributed by atoms with Crippen LogP contribution in [-0.4, -0.2) is 16.5 Å². The summed E-state index contributed by atoms with van der Waals surface area (Å²) in [6.45, 7) is 8.35. The summed E-state index contributed by atoms with van der Waals surface area (Å²) >= 11 is 6.05. The maximum Gasteiger partial charge on any atom is 0.137 e. The molecule has 3 nitrogen and oxygen atoms in total. The molecule has 0 aliphatic heterocycles. The van der Waals surface area contributed by atoms with Gasteiger partial charge in [0, 0.05) is 11.5 Å². The van der Waals surface area contributed by atoms with Crippen LogP contribution in [0.5, 0.6) is 0 Å². The fourth-order valence-electron chi connectivity index (χ4n) is 1.15. The Labute approximate surface area is 102 Å². The van der Waals surface area contributed by atoms with Crippen molar-refractivity contribution >= 4 is 17.4 Å². The third-order valence-electron chi connectivity index (χ3n) is 2.14. The quantitative estimate of drug-likeness (QED) is 0.649. The van der Waals surface area contributed by atoms with Gasteiger partial charge in [-0.1, -0.05) is 31.4 Å². The molecular weight excluding hydrogens is 222 g/mol. The van der Waals surface area contributed by atoms with Gasteiger partial charge in [-0.25, -0.2) is 9.97 Å². The van der Waals surface area contributed by atoms with E-state index in [2.05, 4.69) is 27.1 Å². The summed E-state index contributed by atoms with van der Waals surface area (Å²) in [6.07, 6.45) is 0. The van der Waals surface area contributed by atoms with Gasteiger partial charge in [0.05, 0.1) is 6.54 Å². The summed E-state index contributed by atoms with van der Waals surface area (Å²) in [7, 11) is 0. The van der Waals surface area contributed by atoms with Crippen LogP contribution in [0.4, 0.5) is 5.82 Å². The normalized spacial score (nSPS) is 9.88. The van der Waals surface area contributed by atoms with Crippen LogP contribution in [0.15, 0.2) is 0 Å². The first-order chi connectivity index (χ1) is 7.56. The van der Waals surface area contributed by atoms with E-state index in [1.54, 1.807) is 6.92 Å². The monoisotopic (exact) mass is 237 g/mol. The molecule has 0 aliphatic rings. The second kappa shape index (κ2) is 5.72. The summed E-state index contributed by atoms with van der Waals surface area (Å²) in [5.74, 6) is 7.53. The summed E-state index contributed by atoms with van der Waals surface area (Å²) < 4.78 is 0. The number of nitrogens with one attached hydrogen (secondary N) is 1. The smallest absolute Gasteiger partial charge is 0.137 e. The fourth-order valence-corrected chi connectivity index (χ4v) is 1.33. The van der Waals surface area contributed by atoms with E-state index in [-0.39, 0.29) is 5.92 Å². The lowest BCUT2D eigenvalue weighted by atomic mass is 10.2. The van der Waals surface area contributed by atoms with Crippen LogP contribution < -0.4 is 5.32 Å². The van der Waals surface area contributed by atoms with Gasteiger partial charge in [-0.05, 0) is 13.8 Å². The van der Waals surface area contributed by atoms with Gasteiger partial charge in [0.2, 0.25) is 0 Å². The Hall–Kier alpha value is -1.27. The predicted octanol–water partition coefficient (Wildman–Crippen LogP) is 3.00. The number of halogens is 1. The number of hydrogen-bond acceptors (Lipinski definition) is 3. The van der Waals surface area contributed by atoms with Crippen molar-refractivity contribution in [3.63, 3.8) is 0 Å². The van der Waals surface area contributed by atoms with Crippen molar-refractivity contribution in [2.75, 3.05) is 11.9 Å². The minimum atomic E-state index is 0.260. The van der Waals surface area contributed by atoms with Crippen LogP contribution in [0.2, 0.25) is 5.15 Å². The first-order valence-electron chi connectivity index (χ1n) is 5.23. The Kier molecular flexibility index (Phi) is 4.57. The summed E-state index contributed by atoms with van der Waals surface area (Å²) in [4.78, 5) is 8.67. The van der Waals surface area contributed by atoms with E-state index >= 15 is 0 Å². The molecule has 0 aromatic carbocycles. The van der Waals surface area contributed by atoms with Crippen LogP contribution in [0, 0.1) is 18.8 Å². The molecule has 4 heteroatoms. The van der Waals surface area contributed by atoms with Gasteiger partial charge < -0.3 is 5.32 Å². The lowest BCUT2D eigenvalue weighted by Crippen LogP contribution is -2.08. The van der Waals surface area contributed by atoms with Crippen molar-refractivity contribution in [3.05, 3.63) is 16.5 Å². The SMILES string of the molecule is CC#CCNc1nc(C(C)C)nc(Cl)c1C. The molecule has 0 saturated carbocycles. The lowest BCUT2D eigenvalue weighted by molar-refractivity contribution is 0.772. The molecule has 0 amide bonds. The van der Waals surface area contributed by atoms with Gasteiger partial charge in [0.15, 0.2) is 0 Å². The third kappa shape index (κ3) is 3.11. The average molecular weight is 238 g/mol. The number of rotatable bonds is 3. The number of nitrogens with zero attached hydrogens (tertiary/aromatic N) is 2. The van der Waals surface area contributed by atoms with E-state index < -0.39 is 0 Å². The number of hydrogen-bond donors (Lipinski definition) is 1. The minimum absolute atomic E-state index is 0.260. The van der Waals surface area contributed by atoms with Crippen molar-refractivity contribution in [2.45, 2.75) is 33.6 Å². The van der Waals surface area contributed by atoms with E-state index in [1.165, 1.54) is 0 Å². The molecule has 0 unspecified atom stereocenters. The molecule has 0 saturated heterocycles. The molecule has 16 heavy (non-hydrogen) atoms. The first kappa shape index (κ1) is 12.8. The first-order valence-corrected chi connectivity index (χ1v) is 5.61. The zero-order valence-electron chi connectivity index (χ0n) is 10.1. The van der Waals surface area contributed by atoms with Gasteiger partial charge in [-0.15, -0.1) is 5.92 Å². The topological polar surface area (TPSA) is 37.8 Å². The van der Waals surface area contributed by atoms with Crippen LogP contribution in [0.1, 0.15) is 38.1 Å². The van der Waals surface area contributed by atoms with Crippen molar-refractivity contribution in [1.82, 2.24) is 9.97 Å². The molecule has 86 valence electrons. The summed E-state index contributed by atoms with van der Waals surface area (Å²) in [5, 5.41) is 3.65. The van der Waals surface area contributed by atoms with Crippen molar-refractivity contribution < 1.29 is 0 Å². The molecule has 1 N–H and O–H groups in total. The Morgan fingerprint density at radius 1 is 1.38 bits per heavy atom. The molecule has 0 radical (unpaired) electrons. The molecule has 0 spiro atoms. The highest BCUT2D eigenvalue weighted by Crippen LogP contribution is 2.22. The van der Waals surface area contributed by atoms with Crippen LogP contribution >= 0.6 is 11.6 Å². The average Bonchev–Trinajstić information content (AvgIpc) is 2.24. The minimum Gasteiger partial charge on any atom is -0.359 e. The molecule has 0 fully saturated rings. The second-order valence-corrected chi connectivity index (χ2v) is 4.14. The Morgan fingerprint density at radius 3 is 2.62 bits per heavy atom. The van der Waals surface area contributed by atoms with Gasteiger partial charge in [0.1, 0.15) is 16.8 Å². The van der Waals surface area contributed by atoms with Gasteiger partial charge in [0.25, 0.3) is 0 Å². The summed E-state index contributed by atoms with van der Waals surface area (Å²) in [5.41, 5.74) is 0.865. The highest BCUT2D eigenvalue weighted by atomic mass is 35.5. The molecular formula is C12H16ClN3. The Balaban J connectivity index is 3.00. The van der Waals surface area contributed by atoms with Gasteiger partial charge >= 0.3 is 0 Å². The standard InChI is InChI=1S/C12H16ClN3/c1-5-6-7-14-12-9(4)10(13)15-11(16-12)8(2)3/h8H,7H2,1-4H3,(H,14,15,16). The molecule has 1 aromatic rings. The van der Waals surface area contributed by atoms with E-state index in [4.69, 9.17) is 11.6 Å². The largest absolute Gasteiger partial charge is 0.359 e. The van der Waals surface area contributed by atoms with E-state index in [9.17, 15) is 0 Å². The fraction of sp³-hybridized carbons (Fsp3) is 0.500. The highest BCUT2D eigenvalue weighted by Gasteiger charge is 2.10. The van der Waals surface area contributed by atoms with Crippen molar-refractivity contribution in [2.24, 2.45) is 0 Å². The number of anilines is 1. The zero-order chi connectivity index (χ0) is 12.1. The van der Waals surface area contributed by atoms with E-state index in [0.717, 1.165) is 17.2 Å². The molecule has 1 aromatic heterocycles. The van der Waals surface area contributed by atoms with E-state index in [1.807, 2.05) is 20.8 Å². The predicted molar refractivity (Wildman–Crippen MR) is 67.8 cm³/mol. The van der Waals surface area contributed by atoms with Crippen molar-refractivity contribution in [3.8, 4) is 11.8 Å². The Morgan fingerprint density at radius 2 is 2.06 bits per heavy atom. The third-order valence-corrected chi connectivity index (χ3v) is 2.51. The second-order valence-electron chi connectivity index (χ2n) is 3.78.